The minimum atomic E-state index is -0.992. The van der Waals surface area contributed by atoms with E-state index in [0.717, 1.165) is 62.3 Å². The van der Waals surface area contributed by atoms with Crippen LogP contribution in [0.1, 0.15) is 69.7 Å². The van der Waals surface area contributed by atoms with E-state index in [9.17, 15) is 14.3 Å². The first kappa shape index (κ1) is 30.4. The van der Waals surface area contributed by atoms with Crippen LogP contribution in [-0.4, -0.2) is 48.1 Å². The number of para-hydroxylation sites is 1. The highest BCUT2D eigenvalue weighted by molar-refractivity contribution is 7.18. The Kier molecular flexibility index (Phi) is 12.2. The lowest BCUT2D eigenvalue weighted by atomic mass is 9.87. The Balaban J connectivity index is 1.29. The Labute approximate surface area is 242 Å². The number of carboxylic acid groups (broad SMARTS) is 1. The van der Waals surface area contributed by atoms with E-state index in [4.69, 9.17) is 9.72 Å². The van der Waals surface area contributed by atoms with Gasteiger partial charge in [0.2, 0.25) is 0 Å². The number of halogens is 1. The summed E-state index contributed by atoms with van der Waals surface area (Å²) in [5, 5.41) is 17.1. The first-order chi connectivity index (χ1) is 19.5. The van der Waals surface area contributed by atoms with Crippen LogP contribution in [0.2, 0.25) is 0 Å². The van der Waals surface area contributed by atoms with Crippen molar-refractivity contribution in [2.75, 3.05) is 26.2 Å². The number of hydrogen-bond acceptors (Lipinski definition) is 7. The molecule has 0 amide bonds. The Morgan fingerprint density at radius 3 is 2.55 bits per heavy atom. The molecule has 2 unspecified atom stereocenters. The van der Waals surface area contributed by atoms with Gasteiger partial charge in [-0.25, -0.2) is 9.37 Å². The molecule has 1 saturated heterocycles. The number of benzene rings is 2. The number of fused-ring (bicyclic) bond motifs is 1. The maximum absolute atomic E-state index is 13.4. The number of rotatable bonds is 17. The summed E-state index contributed by atoms with van der Waals surface area (Å²) >= 11 is 1.74. The Morgan fingerprint density at radius 2 is 1.82 bits per heavy atom. The average Bonchev–Trinajstić information content (AvgIpc) is 3.38. The topological polar surface area (TPSA) is 77.5 Å². The van der Waals surface area contributed by atoms with Crippen molar-refractivity contribution < 1.29 is 19.0 Å². The Morgan fingerprint density at radius 1 is 1.10 bits per heavy atom. The number of carboxylic acids is 1. The molecule has 2 atom stereocenters. The van der Waals surface area contributed by atoms with Crippen LogP contribution in [0.15, 0.2) is 48.5 Å². The lowest BCUT2D eigenvalue weighted by Crippen LogP contribution is -2.47. The number of likely N-dealkylation sites (tertiary alicyclic amines) is 1. The molecule has 1 N–H and O–H groups in total. The van der Waals surface area contributed by atoms with Crippen molar-refractivity contribution in [3.05, 3.63) is 59.4 Å². The number of aromatic nitrogens is 1. The van der Waals surface area contributed by atoms with Gasteiger partial charge in [-0.2, -0.15) is 0 Å². The molecule has 0 spiro atoms. The van der Waals surface area contributed by atoms with Crippen LogP contribution in [0.4, 0.5) is 4.39 Å². The van der Waals surface area contributed by atoms with Crippen LogP contribution >= 0.6 is 11.3 Å². The van der Waals surface area contributed by atoms with Gasteiger partial charge in [-0.1, -0.05) is 57.6 Å². The standard InChI is InChI=1S/C32H44FN3O3S/c1-2-3-4-5-6-7-10-28(32(37)38)24(23-39-27-15-13-25(33)14-16-27)22-36-19-17-26(18-20-36)34-21-31-35-29-11-8-9-12-30(29)40-31/h8-9,11-16,24,26,28,34H,2-7,10,17-23H2,1H3,(H,37,38)/p-1. The van der Waals surface area contributed by atoms with Crippen molar-refractivity contribution in [1.29, 1.82) is 0 Å². The second-order valence-corrected chi connectivity index (χ2v) is 12.2. The minimum absolute atomic E-state index is 0.196. The predicted octanol–water partition coefficient (Wildman–Crippen LogP) is 5.80. The van der Waals surface area contributed by atoms with Gasteiger partial charge in [0, 0.05) is 36.9 Å². The van der Waals surface area contributed by atoms with E-state index in [-0.39, 0.29) is 18.3 Å². The molecular formula is C32H43FN3O3S-. The van der Waals surface area contributed by atoms with Crippen molar-refractivity contribution in [2.45, 2.75) is 77.3 Å². The number of aliphatic carboxylic acids is 1. The first-order valence-corrected chi connectivity index (χ1v) is 15.7. The lowest BCUT2D eigenvalue weighted by Gasteiger charge is -2.37. The molecule has 0 aliphatic carbocycles. The van der Waals surface area contributed by atoms with Gasteiger partial charge in [-0.05, 0) is 68.8 Å². The molecule has 0 saturated carbocycles. The number of unbranched alkanes of at least 4 members (excludes halogenated alkanes) is 5. The molecule has 2 aromatic carbocycles. The van der Waals surface area contributed by atoms with Gasteiger partial charge in [0.05, 0.1) is 16.8 Å². The summed E-state index contributed by atoms with van der Waals surface area (Å²) in [5.74, 6) is -1.52. The van der Waals surface area contributed by atoms with Gasteiger partial charge in [0.25, 0.3) is 0 Å². The zero-order chi connectivity index (χ0) is 28.2. The molecule has 0 radical (unpaired) electrons. The second-order valence-electron chi connectivity index (χ2n) is 11.0. The third-order valence-electron chi connectivity index (χ3n) is 7.98. The summed E-state index contributed by atoms with van der Waals surface area (Å²) in [5.41, 5.74) is 1.05. The molecule has 40 heavy (non-hydrogen) atoms. The highest BCUT2D eigenvalue weighted by Gasteiger charge is 2.28. The summed E-state index contributed by atoms with van der Waals surface area (Å²) < 4.78 is 20.6. The fourth-order valence-corrected chi connectivity index (χ4v) is 6.52. The van der Waals surface area contributed by atoms with Crippen molar-refractivity contribution in [1.82, 2.24) is 15.2 Å². The molecule has 3 aromatic rings. The SMILES string of the molecule is CCCCCCCCC(C(=O)[O-])C(COc1ccc(F)cc1)CN1CCC(NCc2nc3ccccc3s2)CC1. The molecule has 218 valence electrons. The average molecular weight is 569 g/mol. The third kappa shape index (κ3) is 9.53. The number of ether oxygens (including phenoxy) is 1. The van der Waals surface area contributed by atoms with Gasteiger partial charge in [-0.15, -0.1) is 11.3 Å². The third-order valence-corrected chi connectivity index (χ3v) is 9.01. The summed E-state index contributed by atoms with van der Waals surface area (Å²) in [4.78, 5) is 19.4. The van der Waals surface area contributed by atoms with Crippen molar-refractivity contribution in [2.24, 2.45) is 11.8 Å². The number of piperidine rings is 1. The van der Waals surface area contributed by atoms with Crippen molar-refractivity contribution in [3.63, 3.8) is 0 Å². The smallest absolute Gasteiger partial charge is 0.123 e. The van der Waals surface area contributed by atoms with Gasteiger partial charge in [0.15, 0.2) is 0 Å². The first-order valence-electron chi connectivity index (χ1n) is 14.9. The van der Waals surface area contributed by atoms with Crippen LogP contribution < -0.4 is 15.2 Å². The molecule has 6 nitrogen and oxygen atoms in total. The fourth-order valence-electron chi connectivity index (χ4n) is 5.60. The highest BCUT2D eigenvalue weighted by atomic mass is 32.1. The van der Waals surface area contributed by atoms with Crippen molar-refractivity contribution in [3.8, 4) is 5.75 Å². The normalized spacial score (nSPS) is 16.2. The van der Waals surface area contributed by atoms with Gasteiger partial charge in [-0.3, -0.25) is 0 Å². The maximum atomic E-state index is 13.4. The van der Waals surface area contributed by atoms with Crippen LogP contribution in [-0.2, 0) is 11.3 Å². The molecule has 2 heterocycles. The summed E-state index contributed by atoms with van der Waals surface area (Å²) in [6.45, 7) is 5.70. The zero-order valence-corrected chi connectivity index (χ0v) is 24.5. The number of nitrogens with zero attached hydrogens (tertiary/aromatic N) is 2. The van der Waals surface area contributed by atoms with E-state index in [2.05, 4.69) is 29.3 Å². The minimum Gasteiger partial charge on any atom is -0.550 e. The second kappa shape index (κ2) is 16.0. The van der Waals surface area contributed by atoms with Gasteiger partial charge >= 0.3 is 0 Å². The summed E-state index contributed by atoms with van der Waals surface area (Å²) in [7, 11) is 0. The molecule has 1 aliphatic heterocycles. The quantitative estimate of drug-likeness (QED) is 0.207. The van der Waals surface area contributed by atoms with Crippen LogP contribution in [0.5, 0.6) is 5.75 Å². The predicted molar refractivity (Wildman–Crippen MR) is 158 cm³/mol. The van der Waals surface area contributed by atoms with E-state index >= 15 is 0 Å². The largest absolute Gasteiger partial charge is 0.550 e. The zero-order valence-electron chi connectivity index (χ0n) is 23.7. The van der Waals surface area contributed by atoms with E-state index in [1.807, 2.05) is 12.1 Å². The van der Waals surface area contributed by atoms with Crippen molar-refractivity contribution >= 4 is 27.5 Å². The number of carbonyl (C=O) groups excluding carboxylic acids is 1. The maximum Gasteiger partial charge on any atom is 0.123 e. The van der Waals surface area contributed by atoms with Crippen LogP contribution in [0, 0.1) is 17.7 Å². The molecular weight excluding hydrogens is 525 g/mol. The van der Waals surface area contributed by atoms with E-state index < -0.39 is 11.9 Å². The van der Waals surface area contributed by atoms with Gasteiger partial charge < -0.3 is 24.9 Å². The van der Waals surface area contributed by atoms with E-state index in [1.165, 1.54) is 36.1 Å². The summed E-state index contributed by atoms with van der Waals surface area (Å²) in [6, 6.07) is 14.6. The van der Waals surface area contributed by atoms with E-state index in [1.54, 1.807) is 23.5 Å². The highest BCUT2D eigenvalue weighted by Crippen LogP contribution is 2.25. The number of carbonyl (C=O) groups is 1. The van der Waals surface area contributed by atoms with E-state index in [0.29, 0.717) is 24.8 Å². The molecule has 4 rings (SSSR count). The molecule has 1 aliphatic rings. The van der Waals surface area contributed by atoms with Gasteiger partial charge in [0.1, 0.15) is 16.6 Å². The summed E-state index contributed by atoms with van der Waals surface area (Å²) in [6.07, 6.45) is 9.30. The monoisotopic (exact) mass is 568 g/mol. The van der Waals surface area contributed by atoms with Crippen LogP contribution in [0.25, 0.3) is 10.2 Å². The molecule has 8 heteroatoms. The molecule has 1 fully saturated rings. The fraction of sp³-hybridized carbons (Fsp3) is 0.562. The van der Waals surface area contributed by atoms with Crippen LogP contribution in [0.3, 0.4) is 0 Å². The lowest BCUT2D eigenvalue weighted by molar-refractivity contribution is -0.314. The number of thiazole rings is 1. The molecule has 1 aromatic heterocycles. The Hall–Kier alpha value is -2.55. The number of hydrogen-bond donors (Lipinski definition) is 1. The molecule has 0 bridgehead atoms. The number of nitrogens with one attached hydrogen (secondary N) is 1. The Bertz CT molecular complexity index is 1130.